The monoisotopic (exact) mass is 801 g/mol. The molecule has 1 unspecified atom stereocenters. The van der Waals surface area contributed by atoms with E-state index in [-0.39, 0.29) is 42.4 Å². The second-order valence-electron chi connectivity index (χ2n) is 10.4. The zero-order chi connectivity index (χ0) is 35.8. The van der Waals surface area contributed by atoms with Crippen LogP contribution in [-0.4, -0.2) is 69.3 Å². The number of Topliss-reactive ketones (excluding diaryl/α,β-unsaturated/α-hetero) is 2. The topological polar surface area (TPSA) is 121 Å². The first-order valence-corrected chi connectivity index (χ1v) is 16.5. The van der Waals surface area contributed by atoms with Crippen LogP contribution in [-0.2, 0) is 4.79 Å². The van der Waals surface area contributed by atoms with Gasteiger partial charge in [-0.25, -0.2) is 18.8 Å². The van der Waals surface area contributed by atoms with Crippen molar-refractivity contribution in [2.45, 2.75) is 52.6 Å². The summed E-state index contributed by atoms with van der Waals surface area (Å²) in [6.45, 7) is 5.42. The van der Waals surface area contributed by atoms with E-state index < -0.39 is 5.97 Å². The fraction of sp³-hybridized carbons (Fsp3) is 0.216. The molecule has 0 radical (unpaired) electrons. The number of carboxylic acids is 1. The van der Waals surface area contributed by atoms with Gasteiger partial charge in [0.05, 0.1) is 16.6 Å². The molecule has 0 amide bonds. The van der Waals surface area contributed by atoms with E-state index >= 15 is 0 Å². The van der Waals surface area contributed by atoms with Gasteiger partial charge in [-0.1, -0.05) is 13.8 Å². The van der Waals surface area contributed by atoms with E-state index in [1.807, 2.05) is 67.3 Å². The third-order valence-electron chi connectivity index (χ3n) is 6.87. The number of allylic oxidation sites excluding steroid dienone is 2. The third kappa shape index (κ3) is 11.7. The molecule has 6 rings (SSSR count). The van der Waals surface area contributed by atoms with Crippen LogP contribution in [0, 0.1) is 36.2 Å². The smallest absolute Gasteiger partial charge is 0.394 e. The molecule has 0 fully saturated rings. The summed E-state index contributed by atoms with van der Waals surface area (Å²) < 4.78 is 6.39. The van der Waals surface area contributed by atoms with Crippen LogP contribution in [0.3, 0.4) is 0 Å². The van der Waals surface area contributed by atoms with Crippen LogP contribution in [0.4, 0.5) is 0 Å². The number of terminal acetylenes is 2. The van der Waals surface area contributed by atoms with Crippen molar-refractivity contribution in [2.75, 3.05) is 0 Å². The molecule has 254 valence electrons. The molecular weight excluding hydrogens is 766 g/mol. The summed E-state index contributed by atoms with van der Waals surface area (Å²) in [5.41, 5.74) is 3.67. The third-order valence-corrected chi connectivity index (χ3v) is 7.70. The van der Waals surface area contributed by atoms with E-state index in [1.165, 1.54) is 10.7 Å². The van der Waals surface area contributed by atoms with E-state index in [2.05, 4.69) is 61.2 Å². The molecule has 2 aliphatic rings. The van der Waals surface area contributed by atoms with E-state index in [0.29, 0.717) is 12.8 Å². The van der Waals surface area contributed by atoms with Crippen LogP contribution in [0.1, 0.15) is 67.2 Å². The molecule has 0 aliphatic carbocycles. The van der Waals surface area contributed by atoms with Gasteiger partial charge >= 0.3 is 12.7 Å². The Balaban J connectivity index is 0.000000235. The molecule has 0 bridgehead atoms. The molecule has 4 aromatic rings. The van der Waals surface area contributed by atoms with Gasteiger partial charge in [0.2, 0.25) is 0 Å². The number of hydrogen-bond acceptors (Lipinski definition) is 6. The number of fused-ring (bicyclic) bond motifs is 3. The second kappa shape index (κ2) is 21.0. The van der Waals surface area contributed by atoms with Crippen molar-refractivity contribution in [3.63, 3.8) is 0 Å². The molecule has 2 aliphatic heterocycles. The van der Waals surface area contributed by atoms with Crippen LogP contribution >= 0.6 is 35.0 Å². The predicted molar refractivity (Wildman–Crippen MR) is 209 cm³/mol. The van der Waals surface area contributed by atoms with E-state index in [9.17, 15) is 14.4 Å². The van der Waals surface area contributed by atoms with Gasteiger partial charge in [-0.3, -0.25) is 9.59 Å². The maximum Gasteiger partial charge on any atom is 0.394 e. The molecule has 10 nitrogen and oxygen atoms in total. The molecule has 0 saturated heterocycles. The average Bonchev–Trinajstić information content (AvgIpc) is 3.87. The maximum absolute atomic E-state index is 11.7. The number of pyridine rings is 2. The van der Waals surface area contributed by atoms with Gasteiger partial charge in [0.25, 0.3) is 9.88 Å². The highest BCUT2D eigenvalue weighted by Gasteiger charge is 2.28. The number of aromatic nitrogens is 4. The lowest BCUT2D eigenvalue weighted by atomic mass is 9.53. The van der Waals surface area contributed by atoms with Gasteiger partial charge in [-0.15, -0.1) is 48.6 Å². The van der Waals surface area contributed by atoms with Gasteiger partial charge in [-0.2, -0.15) is 14.8 Å². The van der Waals surface area contributed by atoms with Crippen molar-refractivity contribution in [1.82, 2.24) is 19.2 Å². The highest BCUT2D eigenvalue weighted by molar-refractivity contribution is 14.1. The summed E-state index contributed by atoms with van der Waals surface area (Å²) in [6.07, 6.45) is 27.1. The minimum absolute atomic E-state index is 0. The first-order chi connectivity index (χ1) is 23.6. The number of hydrogen-bond donors (Lipinski definition) is 1. The summed E-state index contributed by atoms with van der Waals surface area (Å²) in [7, 11) is 0. The van der Waals surface area contributed by atoms with Gasteiger partial charge in [0.1, 0.15) is 6.21 Å². The van der Waals surface area contributed by atoms with Crippen molar-refractivity contribution in [2.24, 2.45) is 4.99 Å². The Morgan fingerprint density at radius 3 is 2.00 bits per heavy atom. The standard InChI is InChI=1S/C11H12IN2O.C11H12N2O.C8H6N2O2.C7H5B.ClH/c1-2-3-9(15)8-4-5-14-10(12)7-13-11(14)6-8;1-2-3-11(14)9-4-5-10-6-7-12-13(10)8-9;11-8(12)6-1-2-7-3-4-9-10(7)5-6;1-4-7-8(5-2)6-3;/h4-7,11H,2-3H2,1H3;4-8H,2-3H2,1H3;1-5H,(H,11,12);2-3H,1H3;1H/q+1;;;;. The second-order valence-corrected chi connectivity index (χ2v) is 11.5. The number of ketones is 2. The van der Waals surface area contributed by atoms with E-state index in [4.69, 9.17) is 18.0 Å². The van der Waals surface area contributed by atoms with E-state index in [0.717, 1.165) is 38.7 Å². The fourth-order valence-corrected chi connectivity index (χ4v) is 4.99. The quantitative estimate of drug-likeness (QED) is 0.0779. The molecule has 0 aromatic carbocycles. The van der Waals surface area contributed by atoms with Gasteiger partial charge in [0, 0.05) is 83.5 Å². The Morgan fingerprint density at radius 2 is 1.48 bits per heavy atom. The first-order valence-electron chi connectivity index (χ1n) is 15.4. The number of rotatable bonds is 7. The van der Waals surface area contributed by atoms with Crippen LogP contribution in [0.25, 0.3) is 11.0 Å². The molecule has 0 spiro atoms. The van der Waals surface area contributed by atoms with Crippen LogP contribution in [0.5, 0.6) is 0 Å². The number of halogens is 2. The summed E-state index contributed by atoms with van der Waals surface area (Å²) in [5.74, 6) is 9.44. The summed E-state index contributed by atoms with van der Waals surface area (Å²) in [5, 5.41) is 16.6. The fourth-order valence-electron chi connectivity index (χ4n) is 4.39. The molecule has 1 N–H and O–H groups in total. The number of carbonyl (C=O) groups is 3. The Kier molecular flexibility index (Phi) is 17.2. The molecule has 6 heterocycles. The number of aliphatic imine (C=N–C) groups is 1. The molecule has 13 heteroatoms. The normalized spacial score (nSPS) is 13.2. The van der Waals surface area contributed by atoms with Crippen molar-refractivity contribution >= 4 is 80.2 Å². The molecule has 4 aromatic heterocycles. The van der Waals surface area contributed by atoms with Gasteiger partial charge in [0.15, 0.2) is 17.8 Å². The lowest BCUT2D eigenvalue weighted by Crippen LogP contribution is -2.21. The van der Waals surface area contributed by atoms with Crippen molar-refractivity contribution in [3.05, 3.63) is 96.2 Å². The highest BCUT2D eigenvalue weighted by Crippen LogP contribution is 2.18. The molecule has 50 heavy (non-hydrogen) atoms. The maximum atomic E-state index is 11.7. The van der Waals surface area contributed by atoms with Crippen molar-refractivity contribution in [1.29, 1.82) is 0 Å². The number of aromatic carboxylic acids is 1. The minimum atomic E-state index is -0.938. The Morgan fingerprint density at radius 1 is 0.920 bits per heavy atom. The number of carbonyl (C=O) groups excluding carboxylic acids is 2. The summed E-state index contributed by atoms with van der Waals surface area (Å²) in [4.78, 5) is 38.1. The number of nitrogens with zero attached hydrogens (tertiary/aromatic N) is 6. The number of carboxylic acid groups (broad SMARTS) is 1. The Labute approximate surface area is 312 Å². The SMILES string of the molecule is C#CB(C#C)C#CC.CCCC(=O)C1=CC2N=CC(I)=[N+]2C=C1.CCCC(=O)c1ccc2ccnn2c1.Cl.O=C(O)c1ccc2ccnn2c1. The molecular formula is C37H36BClIN6O4+. The van der Waals surface area contributed by atoms with Gasteiger partial charge < -0.3 is 5.11 Å². The Bertz CT molecular complexity index is 2090. The Hall–Kier alpha value is -5.23. The largest absolute Gasteiger partial charge is 0.478 e. The van der Waals surface area contributed by atoms with Crippen molar-refractivity contribution < 1.29 is 24.1 Å². The minimum Gasteiger partial charge on any atom is -0.478 e. The van der Waals surface area contributed by atoms with Gasteiger partial charge in [-0.05, 0) is 56.2 Å². The molecule has 1 atom stereocenters. The zero-order valence-corrected chi connectivity index (χ0v) is 30.8. The lowest BCUT2D eigenvalue weighted by Gasteiger charge is -2.07. The first kappa shape index (κ1) is 40.9. The van der Waals surface area contributed by atoms with Crippen LogP contribution in [0.15, 0.2) is 90.1 Å². The van der Waals surface area contributed by atoms with Crippen LogP contribution in [0.2, 0.25) is 0 Å². The van der Waals surface area contributed by atoms with Crippen LogP contribution < -0.4 is 0 Å². The summed E-state index contributed by atoms with van der Waals surface area (Å²) in [6, 6.07) is 10.8. The summed E-state index contributed by atoms with van der Waals surface area (Å²) >= 11 is 2.24. The highest BCUT2D eigenvalue weighted by atomic mass is 127. The average molecular weight is 802 g/mol. The van der Waals surface area contributed by atoms with Crippen molar-refractivity contribution in [3.8, 4) is 36.2 Å². The zero-order valence-electron chi connectivity index (χ0n) is 27.9. The van der Waals surface area contributed by atoms with E-state index in [1.54, 1.807) is 42.2 Å². The predicted octanol–water partition coefficient (Wildman–Crippen LogP) is 6.23. The lowest BCUT2D eigenvalue weighted by molar-refractivity contribution is -0.477. The molecule has 0 saturated carbocycles.